The zero-order chi connectivity index (χ0) is 55.0. The summed E-state index contributed by atoms with van der Waals surface area (Å²) in [6, 6.07) is -0.851. The number of likely N-dealkylation sites (N-methyl/N-ethyl adjacent to an activating group) is 1. The molecule has 0 bridgehead atoms. The molecule has 440 valence electrons. The van der Waals surface area contributed by atoms with E-state index in [9.17, 15) is 19.0 Å². The van der Waals surface area contributed by atoms with E-state index in [4.69, 9.17) is 13.8 Å². The Bertz CT molecular complexity index is 1420. The van der Waals surface area contributed by atoms with Gasteiger partial charge in [0, 0.05) is 12.8 Å². The van der Waals surface area contributed by atoms with Gasteiger partial charge in [-0.2, -0.15) is 0 Å². The number of nitrogens with zero attached hydrogens (tertiary/aromatic N) is 1. The predicted octanol–water partition coefficient (Wildman–Crippen LogP) is 19.7. The van der Waals surface area contributed by atoms with Gasteiger partial charge in [0.2, 0.25) is 5.91 Å². The van der Waals surface area contributed by atoms with Crippen molar-refractivity contribution in [2.75, 3.05) is 40.9 Å². The molecule has 0 aromatic heterocycles. The van der Waals surface area contributed by atoms with Crippen LogP contribution in [-0.4, -0.2) is 74.3 Å². The summed E-state index contributed by atoms with van der Waals surface area (Å²) in [5, 5.41) is 3.06. The number of quaternary nitrogens is 1. The van der Waals surface area contributed by atoms with Crippen LogP contribution in [0.3, 0.4) is 0 Å². The van der Waals surface area contributed by atoms with Crippen molar-refractivity contribution in [3.63, 3.8) is 0 Å². The summed E-state index contributed by atoms with van der Waals surface area (Å²) >= 11 is 0. The minimum Gasteiger partial charge on any atom is -0.456 e. The summed E-state index contributed by atoms with van der Waals surface area (Å²) in [6.07, 6.45) is 68.1. The van der Waals surface area contributed by atoms with Crippen LogP contribution in [0, 0.1) is 0 Å². The molecule has 0 aliphatic rings. The number of esters is 1. The minimum atomic E-state index is -4.45. The Kier molecular flexibility index (Phi) is 53.8. The van der Waals surface area contributed by atoms with Gasteiger partial charge in [-0.05, 0) is 70.3 Å². The molecular weight excluding hydrogens is 952 g/mol. The lowest BCUT2D eigenvalue weighted by atomic mass is 10.0. The Morgan fingerprint density at radius 3 is 1.24 bits per heavy atom. The number of phosphoric acid groups is 1. The molecule has 0 fully saturated rings. The van der Waals surface area contributed by atoms with E-state index in [0.717, 1.165) is 83.5 Å². The number of nitrogens with one attached hydrogen (secondary N) is 1. The van der Waals surface area contributed by atoms with Crippen LogP contribution in [0.15, 0.2) is 48.6 Å². The molecule has 0 aromatic rings. The van der Waals surface area contributed by atoms with E-state index in [0.29, 0.717) is 17.4 Å². The third-order valence-electron chi connectivity index (χ3n) is 14.3. The third-order valence-corrected chi connectivity index (χ3v) is 15.3. The van der Waals surface area contributed by atoms with Gasteiger partial charge in [0.05, 0.1) is 33.8 Å². The predicted molar refractivity (Wildman–Crippen MR) is 323 cm³/mol. The number of carbonyl (C=O) groups is 2. The fourth-order valence-corrected chi connectivity index (χ4v) is 10.0. The number of amides is 1. The van der Waals surface area contributed by atoms with Crippen molar-refractivity contribution in [1.82, 2.24) is 5.32 Å². The Hall–Kier alpha value is -2.03. The first-order valence-electron chi connectivity index (χ1n) is 32.0. The van der Waals surface area contributed by atoms with E-state index in [1.807, 2.05) is 33.3 Å². The van der Waals surface area contributed by atoms with E-state index in [2.05, 4.69) is 62.5 Å². The van der Waals surface area contributed by atoms with Gasteiger partial charge in [-0.15, -0.1) is 0 Å². The molecule has 75 heavy (non-hydrogen) atoms. The first kappa shape index (κ1) is 73.0. The average Bonchev–Trinajstić information content (AvgIpc) is 3.37. The first-order chi connectivity index (χ1) is 36.4. The second kappa shape index (κ2) is 55.3. The monoisotopic (exact) mass is 1080 g/mol. The van der Waals surface area contributed by atoms with Gasteiger partial charge in [-0.25, -0.2) is 4.57 Å². The van der Waals surface area contributed by atoms with Crippen molar-refractivity contribution in [3.8, 4) is 0 Å². The second-order valence-electron chi connectivity index (χ2n) is 22.9. The molecule has 0 spiro atoms. The van der Waals surface area contributed by atoms with E-state index in [1.165, 1.54) is 186 Å². The largest absolute Gasteiger partial charge is 0.472 e. The molecule has 3 unspecified atom stereocenters. The number of unbranched alkanes of at least 4 members (excludes halogenated alkanes) is 36. The topological polar surface area (TPSA) is 111 Å². The minimum absolute atomic E-state index is 0.0392. The summed E-state index contributed by atoms with van der Waals surface area (Å²) in [4.78, 5) is 37.7. The molecule has 2 N–H and O–H groups in total. The van der Waals surface area contributed by atoms with Gasteiger partial charge >= 0.3 is 13.8 Å². The molecule has 3 atom stereocenters. The smallest absolute Gasteiger partial charge is 0.456 e. The van der Waals surface area contributed by atoms with Crippen LogP contribution in [0.5, 0.6) is 0 Å². The molecule has 0 heterocycles. The van der Waals surface area contributed by atoms with Crippen LogP contribution in [0.1, 0.15) is 303 Å². The molecule has 0 aromatic carbocycles. The molecule has 0 radical (unpaired) electrons. The van der Waals surface area contributed by atoms with E-state index in [1.54, 1.807) is 0 Å². The lowest BCUT2D eigenvalue weighted by molar-refractivity contribution is -0.870. The van der Waals surface area contributed by atoms with Gasteiger partial charge in [-0.3, -0.25) is 18.6 Å². The van der Waals surface area contributed by atoms with Gasteiger partial charge in [0.1, 0.15) is 19.3 Å². The van der Waals surface area contributed by atoms with Gasteiger partial charge < -0.3 is 19.4 Å². The third kappa shape index (κ3) is 56.5. The highest BCUT2D eigenvalue weighted by Gasteiger charge is 2.30. The zero-order valence-corrected chi connectivity index (χ0v) is 51.2. The van der Waals surface area contributed by atoms with Crippen LogP contribution in [0.2, 0.25) is 0 Å². The summed E-state index contributed by atoms with van der Waals surface area (Å²) in [5.74, 6) is -0.507. The Morgan fingerprint density at radius 2 is 0.813 bits per heavy atom. The molecule has 0 rings (SSSR count). The van der Waals surface area contributed by atoms with Crippen LogP contribution >= 0.6 is 7.82 Å². The standard InChI is InChI=1S/C65H123N2O7P/c1-7-10-13-16-19-22-25-28-30-32-33-35-37-40-43-46-49-52-55-58-65(69)74-63(56-53-50-47-44-41-38-27-24-21-18-15-12-9-3)62(61-73-75(70,71)72-60-59-67(4,5)6)66-64(68)57-54-51-48-45-42-39-36-34-31-29-26-23-20-17-14-11-8-2/h19,22,28,30,33,35,53,56,62-63H,7-18,20-21,23-27,29,31-32,34,36-52,54-55,57-61H2,1-6H3,(H-,66,68,70,71)/p+1/b22-19-,30-28-,35-33-,56-53+. The maximum atomic E-state index is 13.6. The Morgan fingerprint density at radius 1 is 0.467 bits per heavy atom. The van der Waals surface area contributed by atoms with Gasteiger partial charge in [-0.1, -0.05) is 269 Å². The van der Waals surface area contributed by atoms with Crippen LogP contribution in [0.25, 0.3) is 0 Å². The van der Waals surface area contributed by atoms with Crippen LogP contribution < -0.4 is 5.32 Å². The van der Waals surface area contributed by atoms with Crippen LogP contribution in [0.4, 0.5) is 0 Å². The van der Waals surface area contributed by atoms with E-state index >= 15 is 0 Å². The highest BCUT2D eigenvalue weighted by atomic mass is 31.2. The van der Waals surface area contributed by atoms with E-state index in [-0.39, 0.29) is 31.5 Å². The molecule has 0 saturated carbocycles. The normalized spacial score (nSPS) is 14.0. The zero-order valence-electron chi connectivity index (χ0n) is 50.3. The Labute approximate surface area is 465 Å². The first-order valence-corrected chi connectivity index (χ1v) is 33.5. The number of hydrogen-bond donors (Lipinski definition) is 2. The Balaban J connectivity index is 5.27. The fraction of sp³-hybridized carbons (Fsp3) is 0.846. The highest BCUT2D eigenvalue weighted by molar-refractivity contribution is 7.47. The molecule has 0 aliphatic carbocycles. The van der Waals surface area contributed by atoms with Crippen molar-refractivity contribution in [2.24, 2.45) is 0 Å². The van der Waals surface area contributed by atoms with Crippen LogP contribution in [-0.2, 0) is 27.9 Å². The highest BCUT2D eigenvalue weighted by Crippen LogP contribution is 2.43. The maximum Gasteiger partial charge on any atom is 0.472 e. The molecular formula is C65H124N2O7P+. The van der Waals surface area contributed by atoms with Crippen molar-refractivity contribution in [1.29, 1.82) is 0 Å². The van der Waals surface area contributed by atoms with Crippen molar-refractivity contribution >= 4 is 19.7 Å². The molecule has 1 amide bonds. The van der Waals surface area contributed by atoms with Gasteiger partial charge in [0.25, 0.3) is 0 Å². The number of hydrogen-bond acceptors (Lipinski definition) is 6. The lowest BCUT2D eigenvalue weighted by Gasteiger charge is -2.27. The summed E-state index contributed by atoms with van der Waals surface area (Å²) in [7, 11) is 1.50. The van der Waals surface area contributed by atoms with Crippen molar-refractivity contribution < 1.29 is 37.3 Å². The number of allylic oxidation sites excluding steroid dienone is 7. The summed E-state index contributed by atoms with van der Waals surface area (Å²) in [5.41, 5.74) is 0. The van der Waals surface area contributed by atoms with E-state index < -0.39 is 20.0 Å². The number of carbonyl (C=O) groups excluding carboxylic acids is 2. The lowest BCUT2D eigenvalue weighted by Crippen LogP contribution is -2.47. The number of phosphoric ester groups is 1. The second-order valence-corrected chi connectivity index (χ2v) is 24.4. The molecule has 9 nitrogen and oxygen atoms in total. The quantitative estimate of drug-likeness (QED) is 0.0205. The molecule has 0 aliphatic heterocycles. The van der Waals surface area contributed by atoms with Crippen molar-refractivity contribution in [3.05, 3.63) is 48.6 Å². The summed E-state index contributed by atoms with van der Waals surface area (Å²) in [6.45, 7) is 7.01. The molecule has 10 heteroatoms. The SMILES string of the molecule is CCCCC/C=C\C/C=C\C/C=C\CCCCCCCCC(=O)OC(/C=C/CCCCCCCCCCCCC)C(COP(=O)(O)OCC[N+](C)(C)C)NC(=O)CCCCCCCCCCCCCCCCCCC. The fourth-order valence-electron chi connectivity index (χ4n) is 9.30. The molecule has 0 saturated heterocycles. The maximum absolute atomic E-state index is 13.6. The number of rotatable bonds is 58. The average molecular weight is 1080 g/mol. The summed E-state index contributed by atoms with van der Waals surface area (Å²) < 4.78 is 30.7. The number of ether oxygens (including phenoxy) is 1. The van der Waals surface area contributed by atoms with Gasteiger partial charge in [0.15, 0.2) is 0 Å². The van der Waals surface area contributed by atoms with Crippen molar-refractivity contribution in [2.45, 2.75) is 315 Å².